The van der Waals surface area contributed by atoms with Gasteiger partial charge in [-0.25, -0.2) is 0 Å². The van der Waals surface area contributed by atoms with E-state index in [1.54, 1.807) is 0 Å². The summed E-state index contributed by atoms with van der Waals surface area (Å²) in [5.41, 5.74) is 5.90. The normalized spacial score (nSPS) is 22.2. The van der Waals surface area contributed by atoms with Gasteiger partial charge >= 0.3 is 0 Å². The van der Waals surface area contributed by atoms with Crippen molar-refractivity contribution in [3.8, 4) is 0 Å². The molecule has 3 N–H and O–H groups in total. The van der Waals surface area contributed by atoms with E-state index >= 15 is 0 Å². The molecule has 0 radical (unpaired) electrons. The summed E-state index contributed by atoms with van der Waals surface area (Å²) in [6, 6.07) is 0. The Morgan fingerprint density at radius 3 is 2.75 bits per heavy atom. The quantitative estimate of drug-likeness (QED) is 0.615. The van der Waals surface area contributed by atoms with E-state index in [1.807, 2.05) is 0 Å². The molecule has 0 aromatic rings. The summed E-state index contributed by atoms with van der Waals surface area (Å²) in [4.78, 5) is 2.44. The van der Waals surface area contributed by atoms with E-state index in [0.717, 1.165) is 26.2 Å². The molecule has 1 fully saturated rings. The number of nitrogens with one attached hydrogen (secondary N) is 1. The van der Waals surface area contributed by atoms with Crippen molar-refractivity contribution in [3.05, 3.63) is 0 Å². The van der Waals surface area contributed by atoms with Crippen molar-refractivity contribution in [1.82, 2.24) is 10.2 Å². The van der Waals surface area contributed by atoms with E-state index in [0.29, 0.717) is 0 Å². The smallest absolute Gasteiger partial charge is 0.0226 e. The Balaban J connectivity index is 2.30. The summed E-state index contributed by atoms with van der Waals surface area (Å²) < 4.78 is 0. The first kappa shape index (κ1) is 9.96. The van der Waals surface area contributed by atoms with E-state index in [4.69, 9.17) is 5.73 Å². The van der Waals surface area contributed by atoms with Crippen LogP contribution in [0.5, 0.6) is 0 Å². The van der Waals surface area contributed by atoms with Gasteiger partial charge in [0.15, 0.2) is 0 Å². The van der Waals surface area contributed by atoms with Crippen LogP contribution in [0.25, 0.3) is 0 Å². The molecule has 72 valence electrons. The minimum Gasteiger partial charge on any atom is -0.324 e. The van der Waals surface area contributed by atoms with Gasteiger partial charge in [0.05, 0.1) is 0 Å². The maximum absolute atomic E-state index is 5.96. The van der Waals surface area contributed by atoms with Gasteiger partial charge in [0, 0.05) is 25.2 Å². The van der Waals surface area contributed by atoms with Crippen LogP contribution in [0.15, 0.2) is 0 Å². The van der Waals surface area contributed by atoms with Crippen molar-refractivity contribution in [1.29, 1.82) is 0 Å². The van der Waals surface area contributed by atoms with Gasteiger partial charge in [-0.1, -0.05) is 0 Å². The first-order chi connectivity index (χ1) is 5.58. The predicted octanol–water partition coefficient (Wildman–Crippen LogP) is 0.0190. The fraction of sp³-hybridized carbons (Fsp3) is 1.00. The predicted molar refractivity (Wildman–Crippen MR) is 52.2 cm³/mol. The van der Waals surface area contributed by atoms with Crippen molar-refractivity contribution < 1.29 is 0 Å². The molecule has 0 aromatic heterocycles. The Bertz CT molecular complexity index is 120. The number of nitrogens with two attached hydrogens (primary N) is 1. The molecule has 1 aliphatic heterocycles. The fourth-order valence-electron chi connectivity index (χ4n) is 1.64. The third-order valence-electron chi connectivity index (χ3n) is 2.06. The highest BCUT2D eigenvalue weighted by Crippen LogP contribution is 2.03. The third-order valence-corrected chi connectivity index (χ3v) is 2.06. The lowest BCUT2D eigenvalue weighted by Crippen LogP contribution is -2.46. The summed E-state index contributed by atoms with van der Waals surface area (Å²) in [5, 5.41) is 3.38. The largest absolute Gasteiger partial charge is 0.324 e. The SMILES string of the molecule is CC(C)(N)CN1CCCNCC1. The lowest BCUT2D eigenvalue weighted by Gasteiger charge is -2.28. The average Bonchev–Trinajstić information content (AvgIpc) is 2.12. The minimum absolute atomic E-state index is 0.0513. The molecule has 1 rings (SSSR count). The van der Waals surface area contributed by atoms with Crippen LogP contribution in [0.4, 0.5) is 0 Å². The molecule has 1 saturated heterocycles. The van der Waals surface area contributed by atoms with E-state index in [2.05, 4.69) is 24.1 Å². The van der Waals surface area contributed by atoms with Crippen molar-refractivity contribution in [2.75, 3.05) is 32.7 Å². The molecule has 0 spiro atoms. The first-order valence-electron chi connectivity index (χ1n) is 4.80. The van der Waals surface area contributed by atoms with Gasteiger partial charge in [0.2, 0.25) is 0 Å². The molecule has 1 aliphatic rings. The summed E-state index contributed by atoms with van der Waals surface area (Å²) in [6.07, 6.45) is 1.25. The third kappa shape index (κ3) is 4.04. The maximum atomic E-state index is 5.96. The second-order valence-corrected chi connectivity index (χ2v) is 4.37. The Morgan fingerprint density at radius 2 is 2.08 bits per heavy atom. The second-order valence-electron chi connectivity index (χ2n) is 4.37. The topological polar surface area (TPSA) is 41.3 Å². The lowest BCUT2D eigenvalue weighted by molar-refractivity contribution is 0.239. The molecule has 3 nitrogen and oxygen atoms in total. The number of nitrogens with zero attached hydrogens (tertiary/aromatic N) is 1. The zero-order valence-electron chi connectivity index (χ0n) is 8.27. The van der Waals surface area contributed by atoms with Crippen LogP contribution < -0.4 is 11.1 Å². The van der Waals surface area contributed by atoms with Gasteiger partial charge < -0.3 is 16.0 Å². The molecule has 12 heavy (non-hydrogen) atoms. The van der Waals surface area contributed by atoms with E-state index in [9.17, 15) is 0 Å². The van der Waals surface area contributed by atoms with Crippen molar-refractivity contribution in [2.45, 2.75) is 25.8 Å². The molecule has 0 aliphatic carbocycles. The van der Waals surface area contributed by atoms with Crippen LogP contribution in [-0.2, 0) is 0 Å². The molecule has 0 aromatic carbocycles. The molecule has 0 saturated carbocycles. The van der Waals surface area contributed by atoms with Crippen molar-refractivity contribution in [3.63, 3.8) is 0 Å². The lowest BCUT2D eigenvalue weighted by atomic mass is 10.1. The highest BCUT2D eigenvalue weighted by atomic mass is 15.2. The van der Waals surface area contributed by atoms with Crippen LogP contribution in [0.1, 0.15) is 20.3 Å². The number of rotatable bonds is 2. The summed E-state index contributed by atoms with van der Waals surface area (Å²) in [5.74, 6) is 0. The van der Waals surface area contributed by atoms with Gasteiger partial charge in [0.25, 0.3) is 0 Å². The van der Waals surface area contributed by atoms with Gasteiger partial charge in [-0.2, -0.15) is 0 Å². The molecule has 0 atom stereocenters. The molecular weight excluding hydrogens is 150 g/mol. The highest BCUT2D eigenvalue weighted by Gasteiger charge is 2.17. The highest BCUT2D eigenvalue weighted by molar-refractivity contribution is 4.78. The Kier molecular flexibility index (Phi) is 3.50. The van der Waals surface area contributed by atoms with Crippen LogP contribution in [0.2, 0.25) is 0 Å². The van der Waals surface area contributed by atoms with E-state index in [-0.39, 0.29) is 5.54 Å². The monoisotopic (exact) mass is 171 g/mol. The Morgan fingerprint density at radius 1 is 1.33 bits per heavy atom. The number of hydrogen-bond acceptors (Lipinski definition) is 3. The molecule has 0 unspecified atom stereocenters. The zero-order valence-corrected chi connectivity index (χ0v) is 8.27. The summed E-state index contributed by atoms with van der Waals surface area (Å²) >= 11 is 0. The molecule has 3 heteroatoms. The van der Waals surface area contributed by atoms with E-state index < -0.39 is 0 Å². The Hall–Kier alpha value is -0.120. The summed E-state index contributed by atoms with van der Waals surface area (Å²) in [6.45, 7) is 9.77. The van der Waals surface area contributed by atoms with Crippen molar-refractivity contribution >= 4 is 0 Å². The van der Waals surface area contributed by atoms with Crippen LogP contribution in [-0.4, -0.2) is 43.2 Å². The first-order valence-corrected chi connectivity index (χ1v) is 4.80. The van der Waals surface area contributed by atoms with Crippen molar-refractivity contribution in [2.24, 2.45) is 5.73 Å². The van der Waals surface area contributed by atoms with Crippen LogP contribution in [0, 0.1) is 0 Å². The van der Waals surface area contributed by atoms with Gasteiger partial charge in [-0.3, -0.25) is 0 Å². The van der Waals surface area contributed by atoms with Gasteiger partial charge in [0.1, 0.15) is 0 Å². The average molecular weight is 171 g/mol. The second kappa shape index (κ2) is 4.21. The number of hydrogen-bond donors (Lipinski definition) is 2. The molecular formula is C9H21N3. The fourth-order valence-corrected chi connectivity index (χ4v) is 1.64. The molecule has 1 heterocycles. The standard InChI is InChI=1S/C9H21N3/c1-9(2,10)8-12-6-3-4-11-5-7-12/h11H,3-8,10H2,1-2H3. The van der Waals surface area contributed by atoms with Crippen LogP contribution >= 0.6 is 0 Å². The maximum Gasteiger partial charge on any atom is 0.0226 e. The summed E-state index contributed by atoms with van der Waals surface area (Å²) in [7, 11) is 0. The van der Waals surface area contributed by atoms with Crippen LogP contribution in [0.3, 0.4) is 0 Å². The van der Waals surface area contributed by atoms with E-state index in [1.165, 1.54) is 13.0 Å². The molecule has 0 amide bonds. The van der Waals surface area contributed by atoms with Gasteiger partial charge in [-0.05, 0) is 33.4 Å². The Labute approximate surface area is 75.3 Å². The zero-order chi connectivity index (χ0) is 9.03. The van der Waals surface area contributed by atoms with Gasteiger partial charge in [-0.15, -0.1) is 0 Å². The molecule has 0 bridgehead atoms. The minimum atomic E-state index is -0.0513.